The molecule has 21 heavy (non-hydrogen) atoms. The van der Waals surface area contributed by atoms with E-state index >= 15 is 0 Å². The molecular weight excluding hydrogens is 288 g/mol. The first-order valence-corrected chi connectivity index (χ1v) is 9.11. The normalized spacial score (nSPS) is 33.4. The van der Waals surface area contributed by atoms with Crippen molar-refractivity contribution in [3.05, 3.63) is 29.8 Å². The van der Waals surface area contributed by atoms with Crippen LogP contribution in [-0.4, -0.2) is 32.2 Å². The second-order valence-corrected chi connectivity index (χ2v) is 8.26. The highest BCUT2D eigenvalue weighted by Gasteiger charge is 2.55. The summed E-state index contributed by atoms with van der Waals surface area (Å²) in [6, 6.07) is 7.04. The molecule has 1 aromatic carbocycles. The summed E-state index contributed by atoms with van der Waals surface area (Å²) in [4.78, 5) is 0.365. The molecule has 3 atom stereocenters. The maximum Gasteiger partial charge on any atom is 0.186 e. The fraction of sp³-hybridized carbons (Fsp3) is 0.625. The molecule has 0 radical (unpaired) electrons. The lowest BCUT2D eigenvalue weighted by Gasteiger charge is -2.37. The summed E-state index contributed by atoms with van der Waals surface area (Å²) in [5.41, 5.74) is 1.05. The van der Waals surface area contributed by atoms with E-state index in [1.807, 2.05) is 26.0 Å². The van der Waals surface area contributed by atoms with Gasteiger partial charge in [0.1, 0.15) is 5.25 Å². The Bertz CT molecular complexity index is 600. The van der Waals surface area contributed by atoms with E-state index in [0.29, 0.717) is 24.3 Å². The van der Waals surface area contributed by atoms with Crippen molar-refractivity contribution in [2.24, 2.45) is 0 Å². The minimum atomic E-state index is -3.45. The third kappa shape index (κ3) is 2.62. The first kappa shape index (κ1) is 15.0. The second kappa shape index (κ2) is 5.38. The zero-order chi connectivity index (χ0) is 15.1. The average Bonchev–Trinajstić information content (AvgIpc) is 2.77. The third-order valence-corrected chi connectivity index (χ3v) is 6.66. The Balaban J connectivity index is 1.98. The Morgan fingerprint density at radius 3 is 2.52 bits per heavy atom. The van der Waals surface area contributed by atoms with E-state index in [1.165, 1.54) is 0 Å². The molecule has 5 heteroatoms. The summed E-state index contributed by atoms with van der Waals surface area (Å²) in [6.45, 7) is 4.44. The summed E-state index contributed by atoms with van der Waals surface area (Å²) in [7, 11) is -3.45. The van der Waals surface area contributed by atoms with Gasteiger partial charge in [-0.2, -0.15) is 0 Å². The van der Waals surface area contributed by atoms with Crippen molar-refractivity contribution in [3.8, 4) is 0 Å². The molecule has 116 valence electrons. The second-order valence-electron chi connectivity index (χ2n) is 6.13. The van der Waals surface area contributed by atoms with E-state index in [0.717, 1.165) is 18.4 Å². The first-order chi connectivity index (χ1) is 9.94. The SMILES string of the molecule is Cc1ccc(S(=O)(=O)[C@H]2C[C@@H](C)O[C@@]23CCCCO3)cc1. The molecule has 0 unspecified atom stereocenters. The largest absolute Gasteiger partial charge is 0.349 e. The van der Waals surface area contributed by atoms with E-state index < -0.39 is 20.9 Å². The molecule has 2 fully saturated rings. The Kier molecular flexibility index (Phi) is 3.84. The van der Waals surface area contributed by atoms with Crippen molar-refractivity contribution in [2.75, 3.05) is 6.61 Å². The quantitative estimate of drug-likeness (QED) is 0.843. The zero-order valence-corrected chi connectivity index (χ0v) is 13.4. The van der Waals surface area contributed by atoms with E-state index in [-0.39, 0.29) is 6.10 Å². The maximum absolute atomic E-state index is 13.0. The molecule has 0 aromatic heterocycles. The highest BCUT2D eigenvalue weighted by atomic mass is 32.2. The van der Waals surface area contributed by atoms with Crippen molar-refractivity contribution in [3.63, 3.8) is 0 Å². The molecule has 1 spiro atoms. The molecule has 1 aromatic rings. The van der Waals surface area contributed by atoms with Crippen LogP contribution in [0, 0.1) is 6.92 Å². The predicted octanol–water partition coefficient (Wildman–Crippen LogP) is 2.84. The lowest BCUT2D eigenvalue weighted by Crippen LogP contribution is -2.48. The maximum atomic E-state index is 13.0. The predicted molar refractivity (Wildman–Crippen MR) is 79.9 cm³/mol. The van der Waals surface area contributed by atoms with Gasteiger partial charge in [0.05, 0.1) is 17.6 Å². The van der Waals surface area contributed by atoms with Gasteiger partial charge in [-0.25, -0.2) is 8.42 Å². The third-order valence-electron chi connectivity index (χ3n) is 4.43. The van der Waals surface area contributed by atoms with Crippen LogP contribution in [0.2, 0.25) is 0 Å². The van der Waals surface area contributed by atoms with Gasteiger partial charge in [0.25, 0.3) is 0 Å². The summed E-state index contributed by atoms with van der Waals surface area (Å²) in [6.07, 6.45) is 2.99. The molecule has 4 nitrogen and oxygen atoms in total. The smallest absolute Gasteiger partial charge is 0.186 e. The summed E-state index contributed by atoms with van der Waals surface area (Å²) in [5.74, 6) is -0.943. The Hall–Kier alpha value is -0.910. The average molecular weight is 310 g/mol. The van der Waals surface area contributed by atoms with Gasteiger partial charge in [0, 0.05) is 6.42 Å². The fourth-order valence-corrected chi connectivity index (χ4v) is 5.42. The van der Waals surface area contributed by atoms with Crippen LogP contribution in [0.3, 0.4) is 0 Å². The Labute approximate surface area is 126 Å². The minimum Gasteiger partial charge on any atom is -0.349 e. The highest BCUT2D eigenvalue weighted by Crippen LogP contribution is 2.44. The van der Waals surface area contributed by atoms with Crippen LogP contribution >= 0.6 is 0 Å². The Morgan fingerprint density at radius 2 is 1.90 bits per heavy atom. The highest BCUT2D eigenvalue weighted by molar-refractivity contribution is 7.92. The number of sulfone groups is 1. The molecule has 0 aliphatic carbocycles. The van der Waals surface area contributed by atoms with E-state index in [9.17, 15) is 8.42 Å². The standard InChI is InChI=1S/C16H22O4S/c1-12-5-7-14(8-6-12)21(17,18)15-11-13(2)20-16(15)9-3-4-10-19-16/h5-8,13,15H,3-4,9-11H2,1-2H3/t13-,15+,16+/m1/s1. The van der Waals surface area contributed by atoms with Crippen LogP contribution in [0.1, 0.15) is 38.2 Å². The molecule has 2 aliphatic heterocycles. The number of benzene rings is 1. The van der Waals surface area contributed by atoms with Crippen molar-refractivity contribution < 1.29 is 17.9 Å². The van der Waals surface area contributed by atoms with Gasteiger partial charge in [-0.05, 0) is 45.2 Å². The van der Waals surface area contributed by atoms with E-state index in [4.69, 9.17) is 9.47 Å². The van der Waals surface area contributed by atoms with Gasteiger partial charge in [0.2, 0.25) is 0 Å². The fourth-order valence-electron chi connectivity index (χ4n) is 3.34. The topological polar surface area (TPSA) is 52.6 Å². The number of aryl methyl sites for hydroxylation is 1. The number of rotatable bonds is 2. The summed E-state index contributed by atoms with van der Waals surface area (Å²) in [5, 5.41) is -0.608. The van der Waals surface area contributed by atoms with Crippen molar-refractivity contribution in [2.45, 2.75) is 61.6 Å². The van der Waals surface area contributed by atoms with E-state index in [2.05, 4.69) is 0 Å². The van der Waals surface area contributed by atoms with Crippen LogP contribution in [0.4, 0.5) is 0 Å². The molecule has 2 heterocycles. The van der Waals surface area contributed by atoms with Gasteiger partial charge in [-0.3, -0.25) is 0 Å². The number of hydrogen-bond acceptors (Lipinski definition) is 4. The molecule has 0 saturated carbocycles. The molecule has 2 aliphatic rings. The number of hydrogen-bond donors (Lipinski definition) is 0. The molecule has 0 amide bonds. The molecule has 0 bridgehead atoms. The van der Waals surface area contributed by atoms with E-state index in [1.54, 1.807) is 12.1 Å². The van der Waals surface area contributed by atoms with Crippen molar-refractivity contribution in [1.82, 2.24) is 0 Å². The Morgan fingerprint density at radius 1 is 1.19 bits per heavy atom. The molecular formula is C16H22O4S. The van der Waals surface area contributed by atoms with Crippen LogP contribution in [-0.2, 0) is 19.3 Å². The molecule has 3 rings (SSSR count). The minimum absolute atomic E-state index is 0.0895. The van der Waals surface area contributed by atoms with Gasteiger partial charge in [-0.15, -0.1) is 0 Å². The lowest BCUT2D eigenvalue weighted by atomic mass is 10.0. The zero-order valence-electron chi connectivity index (χ0n) is 12.5. The van der Waals surface area contributed by atoms with Gasteiger partial charge < -0.3 is 9.47 Å². The lowest BCUT2D eigenvalue weighted by molar-refractivity contribution is -0.240. The molecule has 2 saturated heterocycles. The van der Waals surface area contributed by atoms with Crippen LogP contribution < -0.4 is 0 Å². The van der Waals surface area contributed by atoms with Crippen LogP contribution in [0.5, 0.6) is 0 Å². The summed E-state index contributed by atoms with van der Waals surface area (Å²) >= 11 is 0. The van der Waals surface area contributed by atoms with Gasteiger partial charge >= 0.3 is 0 Å². The van der Waals surface area contributed by atoms with Crippen LogP contribution in [0.15, 0.2) is 29.2 Å². The van der Waals surface area contributed by atoms with Crippen molar-refractivity contribution in [1.29, 1.82) is 0 Å². The summed E-state index contributed by atoms with van der Waals surface area (Å²) < 4.78 is 37.8. The van der Waals surface area contributed by atoms with Crippen molar-refractivity contribution >= 4 is 9.84 Å². The van der Waals surface area contributed by atoms with Gasteiger partial charge in [0.15, 0.2) is 15.6 Å². The first-order valence-electron chi connectivity index (χ1n) is 7.56. The van der Waals surface area contributed by atoms with Crippen LogP contribution in [0.25, 0.3) is 0 Å². The van der Waals surface area contributed by atoms with Gasteiger partial charge in [-0.1, -0.05) is 17.7 Å². The number of ether oxygens (including phenoxy) is 2. The monoisotopic (exact) mass is 310 g/mol. The molecule has 0 N–H and O–H groups in total.